The van der Waals surface area contributed by atoms with Crippen LogP contribution in [-0.2, 0) is 6.42 Å². The second-order valence-corrected chi connectivity index (χ2v) is 7.37. The van der Waals surface area contributed by atoms with Crippen LogP contribution in [-0.4, -0.2) is 5.11 Å². The molecule has 0 spiro atoms. The fourth-order valence-electron chi connectivity index (χ4n) is 3.60. The Balaban J connectivity index is 1.99. The Kier molecular flexibility index (Phi) is 8.04. The molecule has 0 aliphatic rings. The highest BCUT2D eigenvalue weighted by atomic mass is 16.3. The highest BCUT2D eigenvalue weighted by molar-refractivity contribution is 5.48. The van der Waals surface area contributed by atoms with Crippen molar-refractivity contribution >= 4 is 0 Å². The van der Waals surface area contributed by atoms with E-state index >= 15 is 0 Å². The standard InChI is InChI=1S/C24H34O/c1-4-5-6-7-8-9-11-16-22-17-19(2)18-23(24(22)25)20(3)21-14-12-10-13-15-21/h10,12-15,17-18,20,25H,4-9,11,16H2,1-3H3. The lowest BCUT2D eigenvalue weighted by Gasteiger charge is -2.18. The van der Waals surface area contributed by atoms with Gasteiger partial charge in [-0.25, -0.2) is 0 Å². The third-order valence-corrected chi connectivity index (χ3v) is 5.18. The maximum absolute atomic E-state index is 10.8. The second-order valence-electron chi connectivity index (χ2n) is 7.37. The zero-order chi connectivity index (χ0) is 18.1. The van der Waals surface area contributed by atoms with E-state index in [9.17, 15) is 5.11 Å². The molecule has 0 aromatic heterocycles. The largest absolute Gasteiger partial charge is 0.507 e. The van der Waals surface area contributed by atoms with Crippen LogP contribution in [0, 0.1) is 6.92 Å². The van der Waals surface area contributed by atoms with Crippen molar-refractivity contribution in [2.24, 2.45) is 0 Å². The molecule has 0 aliphatic heterocycles. The van der Waals surface area contributed by atoms with E-state index in [0.717, 1.165) is 17.5 Å². The Labute approximate surface area is 154 Å². The molecule has 2 aromatic carbocycles. The van der Waals surface area contributed by atoms with Gasteiger partial charge in [0.15, 0.2) is 0 Å². The first-order chi connectivity index (χ1) is 12.1. The summed E-state index contributed by atoms with van der Waals surface area (Å²) in [5.41, 5.74) is 4.68. The van der Waals surface area contributed by atoms with Gasteiger partial charge in [-0.05, 0) is 30.9 Å². The summed E-state index contributed by atoms with van der Waals surface area (Å²) in [6.45, 7) is 6.57. The first-order valence-electron chi connectivity index (χ1n) is 10.0. The van der Waals surface area contributed by atoms with Crippen molar-refractivity contribution in [2.75, 3.05) is 0 Å². The Morgan fingerprint density at radius 3 is 2.20 bits per heavy atom. The van der Waals surface area contributed by atoms with Gasteiger partial charge >= 0.3 is 0 Å². The van der Waals surface area contributed by atoms with Crippen molar-refractivity contribution in [2.45, 2.75) is 78.1 Å². The lowest BCUT2D eigenvalue weighted by Crippen LogP contribution is -2.00. The van der Waals surface area contributed by atoms with Crippen LogP contribution in [0.2, 0.25) is 0 Å². The maximum atomic E-state index is 10.8. The second kappa shape index (κ2) is 10.3. The van der Waals surface area contributed by atoms with Gasteiger partial charge < -0.3 is 5.11 Å². The first-order valence-corrected chi connectivity index (χ1v) is 10.0. The smallest absolute Gasteiger partial charge is 0.122 e. The minimum Gasteiger partial charge on any atom is -0.507 e. The molecule has 1 N–H and O–H groups in total. The summed E-state index contributed by atoms with van der Waals surface area (Å²) in [7, 11) is 0. The van der Waals surface area contributed by atoms with Crippen molar-refractivity contribution in [3.63, 3.8) is 0 Å². The molecule has 0 amide bonds. The maximum Gasteiger partial charge on any atom is 0.122 e. The molecular weight excluding hydrogens is 304 g/mol. The lowest BCUT2D eigenvalue weighted by atomic mass is 9.88. The van der Waals surface area contributed by atoms with Gasteiger partial charge in [0.1, 0.15) is 5.75 Å². The number of aryl methyl sites for hydroxylation is 2. The Bertz CT molecular complexity index is 630. The van der Waals surface area contributed by atoms with Gasteiger partial charge in [0.05, 0.1) is 0 Å². The molecule has 0 heterocycles. The number of rotatable bonds is 10. The fraction of sp³-hybridized carbons (Fsp3) is 0.500. The van der Waals surface area contributed by atoms with Gasteiger partial charge in [0.2, 0.25) is 0 Å². The number of unbranched alkanes of at least 4 members (excludes halogenated alkanes) is 6. The van der Waals surface area contributed by atoms with Gasteiger partial charge in [0, 0.05) is 11.5 Å². The molecule has 0 saturated heterocycles. The minimum atomic E-state index is 0.217. The summed E-state index contributed by atoms with van der Waals surface area (Å²) < 4.78 is 0. The van der Waals surface area contributed by atoms with Gasteiger partial charge in [-0.2, -0.15) is 0 Å². The van der Waals surface area contributed by atoms with E-state index in [4.69, 9.17) is 0 Å². The van der Waals surface area contributed by atoms with E-state index in [1.165, 1.54) is 56.1 Å². The van der Waals surface area contributed by atoms with E-state index in [-0.39, 0.29) is 5.92 Å². The highest BCUT2D eigenvalue weighted by Crippen LogP contribution is 2.35. The molecule has 136 valence electrons. The Hall–Kier alpha value is -1.76. The SMILES string of the molecule is CCCCCCCCCc1cc(C)cc(C(C)c2ccccc2)c1O. The van der Waals surface area contributed by atoms with E-state index in [0.29, 0.717) is 5.75 Å². The monoisotopic (exact) mass is 338 g/mol. The summed E-state index contributed by atoms with van der Waals surface area (Å²) >= 11 is 0. The summed E-state index contributed by atoms with van der Waals surface area (Å²) in [4.78, 5) is 0. The Morgan fingerprint density at radius 2 is 1.52 bits per heavy atom. The predicted molar refractivity (Wildman–Crippen MR) is 108 cm³/mol. The number of aromatic hydroxyl groups is 1. The third-order valence-electron chi connectivity index (χ3n) is 5.18. The molecular formula is C24H34O. The summed E-state index contributed by atoms with van der Waals surface area (Å²) in [6, 6.07) is 14.8. The first kappa shape index (κ1) is 19.6. The fourth-order valence-corrected chi connectivity index (χ4v) is 3.60. The zero-order valence-corrected chi connectivity index (χ0v) is 16.2. The summed E-state index contributed by atoms with van der Waals surface area (Å²) in [5, 5.41) is 10.8. The third kappa shape index (κ3) is 5.92. The van der Waals surface area contributed by atoms with Crippen molar-refractivity contribution in [3.8, 4) is 5.75 Å². The molecule has 0 bridgehead atoms. The molecule has 0 radical (unpaired) electrons. The van der Waals surface area contributed by atoms with Crippen LogP contribution >= 0.6 is 0 Å². The molecule has 1 heteroatoms. The average Bonchev–Trinajstić information content (AvgIpc) is 2.63. The van der Waals surface area contributed by atoms with Crippen LogP contribution in [0.15, 0.2) is 42.5 Å². The van der Waals surface area contributed by atoms with Gasteiger partial charge in [-0.1, -0.05) is 100 Å². The minimum absolute atomic E-state index is 0.217. The molecule has 0 saturated carbocycles. The lowest BCUT2D eigenvalue weighted by molar-refractivity contribution is 0.456. The van der Waals surface area contributed by atoms with Crippen LogP contribution in [0.4, 0.5) is 0 Å². The van der Waals surface area contributed by atoms with Crippen LogP contribution in [0.3, 0.4) is 0 Å². The van der Waals surface area contributed by atoms with Crippen molar-refractivity contribution in [1.82, 2.24) is 0 Å². The normalized spacial score (nSPS) is 12.3. The number of hydrogen-bond acceptors (Lipinski definition) is 1. The molecule has 0 fully saturated rings. The van der Waals surface area contributed by atoms with E-state index in [1.807, 2.05) is 6.07 Å². The number of hydrogen-bond donors (Lipinski definition) is 1. The summed E-state index contributed by atoms with van der Waals surface area (Å²) in [6.07, 6.45) is 10.1. The van der Waals surface area contributed by atoms with Crippen LogP contribution < -0.4 is 0 Å². The van der Waals surface area contributed by atoms with Gasteiger partial charge in [-0.3, -0.25) is 0 Å². The van der Waals surface area contributed by atoms with Crippen LogP contribution in [0.25, 0.3) is 0 Å². The van der Waals surface area contributed by atoms with Crippen molar-refractivity contribution in [1.29, 1.82) is 0 Å². The predicted octanol–water partition coefficient (Wildman–Crippen LogP) is 7.15. The number of phenols is 1. The number of benzene rings is 2. The van der Waals surface area contributed by atoms with E-state index in [1.54, 1.807) is 0 Å². The van der Waals surface area contributed by atoms with Gasteiger partial charge in [0.25, 0.3) is 0 Å². The highest BCUT2D eigenvalue weighted by Gasteiger charge is 2.16. The molecule has 0 aliphatic carbocycles. The Morgan fingerprint density at radius 1 is 0.880 bits per heavy atom. The molecule has 2 aromatic rings. The van der Waals surface area contributed by atoms with E-state index < -0.39 is 0 Å². The van der Waals surface area contributed by atoms with E-state index in [2.05, 4.69) is 57.2 Å². The van der Waals surface area contributed by atoms with Crippen LogP contribution in [0.1, 0.15) is 87.0 Å². The zero-order valence-electron chi connectivity index (χ0n) is 16.2. The average molecular weight is 339 g/mol. The molecule has 1 unspecified atom stereocenters. The van der Waals surface area contributed by atoms with Crippen molar-refractivity contribution in [3.05, 3.63) is 64.7 Å². The number of phenolic OH excluding ortho intramolecular Hbond substituents is 1. The van der Waals surface area contributed by atoms with Crippen molar-refractivity contribution < 1.29 is 5.11 Å². The molecule has 25 heavy (non-hydrogen) atoms. The van der Waals surface area contributed by atoms with Gasteiger partial charge in [-0.15, -0.1) is 0 Å². The topological polar surface area (TPSA) is 20.2 Å². The quantitative estimate of drug-likeness (QED) is 0.456. The van der Waals surface area contributed by atoms with Crippen LogP contribution in [0.5, 0.6) is 5.75 Å². The molecule has 1 atom stereocenters. The molecule has 1 nitrogen and oxygen atoms in total. The summed E-state index contributed by atoms with van der Waals surface area (Å²) in [5.74, 6) is 0.724. The molecule has 2 rings (SSSR count).